The van der Waals surface area contributed by atoms with E-state index >= 15 is 0 Å². The van der Waals surface area contributed by atoms with E-state index < -0.39 is 22.1 Å². The first kappa shape index (κ1) is 18.4. The minimum absolute atomic E-state index is 0.0329. The Hall–Kier alpha value is -1.65. The Balaban J connectivity index is 2.65. The topological polar surface area (TPSA) is 84.5 Å². The van der Waals surface area contributed by atoms with E-state index in [0.717, 1.165) is 0 Å². The van der Waals surface area contributed by atoms with Gasteiger partial charge in [-0.25, -0.2) is 13.1 Å². The van der Waals surface area contributed by atoms with E-state index in [2.05, 4.69) is 4.72 Å². The second kappa shape index (κ2) is 7.56. The SMILES string of the molecule is COCCNS(=O)(=O)c1ccc(CNC(=O)C(F)(F)F)cc1. The number of nitrogens with one attached hydrogen (secondary N) is 2. The van der Waals surface area contributed by atoms with Crippen LogP contribution >= 0.6 is 0 Å². The fraction of sp³-hybridized carbons (Fsp3) is 0.417. The molecule has 2 N–H and O–H groups in total. The van der Waals surface area contributed by atoms with E-state index in [1.807, 2.05) is 0 Å². The largest absolute Gasteiger partial charge is 0.471 e. The third-order valence-corrected chi connectivity index (χ3v) is 4.02. The predicted octanol–water partition coefficient (Wildman–Crippen LogP) is 0.790. The van der Waals surface area contributed by atoms with Crippen LogP contribution in [0.4, 0.5) is 13.2 Å². The van der Waals surface area contributed by atoms with Crippen LogP contribution in [0.1, 0.15) is 5.56 Å². The van der Waals surface area contributed by atoms with Gasteiger partial charge >= 0.3 is 12.1 Å². The number of rotatable bonds is 7. The highest BCUT2D eigenvalue weighted by Crippen LogP contribution is 2.15. The summed E-state index contributed by atoms with van der Waals surface area (Å²) in [5.74, 6) is -2.05. The van der Waals surface area contributed by atoms with Gasteiger partial charge in [0.2, 0.25) is 10.0 Å². The molecule has 22 heavy (non-hydrogen) atoms. The van der Waals surface area contributed by atoms with Gasteiger partial charge < -0.3 is 10.1 Å². The van der Waals surface area contributed by atoms with E-state index in [1.54, 1.807) is 5.32 Å². The number of benzene rings is 1. The van der Waals surface area contributed by atoms with Crippen LogP contribution in [0.2, 0.25) is 0 Å². The molecule has 0 aliphatic carbocycles. The van der Waals surface area contributed by atoms with E-state index in [-0.39, 0.29) is 24.6 Å². The third kappa shape index (κ3) is 5.62. The van der Waals surface area contributed by atoms with Gasteiger partial charge in [-0.1, -0.05) is 12.1 Å². The summed E-state index contributed by atoms with van der Waals surface area (Å²) in [6.45, 7) is -0.0429. The molecule has 0 atom stereocenters. The van der Waals surface area contributed by atoms with Crippen LogP contribution in [0.5, 0.6) is 0 Å². The molecule has 0 aliphatic rings. The highest BCUT2D eigenvalue weighted by Gasteiger charge is 2.38. The molecule has 0 aromatic heterocycles. The lowest BCUT2D eigenvalue weighted by Gasteiger charge is -2.09. The zero-order chi connectivity index (χ0) is 16.8. The zero-order valence-electron chi connectivity index (χ0n) is 11.6. The normalized spacial score (nSPS) is 12.2. The van der Waals surface area contributed by atoms with Crippen LogP contribution in [0, 0.1) is 0 Å². The second-order valence-electron chi connectivity index (χ2n) is 4.21. The molecule has 1 aromatic carbocycles. The molecule has 0 saturated carbocycles. The van der Waals surface area contributed by atoms with E-state index in [9.17, 15) is 26.4 Å². The average Bonchev–Trinajstić information content (AvgIpc) is 2.44. The number of carbonyl (C=O) groups excluding carboxylic acids is 1. The second-order valence-corrected chi connectivity index (χ2v) is 5.98. The fourth-order valence-corrected chi connectivity index (χ4v) is 2.44. The molecule has 0 saturated heterocycles. The Bertz CT molecular complexity index is 600. The van der Waals surface area contributed by atoms with Crippen molar-refractivity contribution in [2.75, 3.05) is 20.3 Å². The summed E-state index contributed by atoms with van der Waals surface area (Å²) in [4.78, 5) is 10.6. The Morgan fingerprint density at radius 3 is 2.32 bits per heavy atom. The summed E-state index contributed by atoms with van der Waals surface area (Å²) < 4.78 is 66.7. The van der Waals surface area contributed by atoms with Gasteiger partial charge in [-0.2, -0.15) is 13.2 Å². The molecule has 6 nitrogen and oxygen atoms in total. The van der Waals surface area contributed by atoms with Gasteiger partial charge in [-0.05, 0) is 17.7 Å². The van der Waals surface area contributed by atoms with Gasteiger partial charge in [0, 0.05) is 20.2 Å². The van der Waals surface area contributed by atoms with E-state index in [0.29, 0.717) is 5.56 Å². The van der Waals surface area contributed by atoms with Crippen molar-refractivity contribution in [2.45, 2.75) is 17.6 Å². The Kier molecular flexibility index (Phi) is 6.33. The van der Waals surface area contributed by atoms with Crippen molar-refractivity contribution in [1.29, 1.82) is 0 Å². The fourth-order valence-electron chi connectivity index (χ4n) is 1.43. The highest BCUT2D eigenvalue weighted by atomic mass is 32.2. The number of ether oxygens (including phenoxy) is 1. The van der Waals surface area contributed by atoms with Gasteiger partial charge in [0.1, 0.15) is 0 Å². The van der Waals surface area contributed by atoms with Crippen molar-refractivity contribution >= 4 is 15.9 Å². The number of hydrogen-bond acceptors (Lipinski definition) is 4. The molecule has 124 valence electrons. The summed E-state index contributed by atoms with van der Waals surface area (Å²) in [7, 11) is -2.27. The first-order valence-corrected chi connectivity index (χ1v) is 7.57. The summed E-state index contributed by atoms with van der Waals surface area (Å²) in [6, 6.07) is 5.12. The lowest BCUT2D eigenvalue weighted by molar-refractivity contribution is -0.173. The van der Waals surface area contributed by atoms with E-state index in [4.69, 9.17) is 4.74 Å². The van der Waals surface area contributed by atoms with Crippen molar-refractivity contribution in [3.05, 3.63) is 29.8 Å². The number of hydrogen-bond donors (Lipinski definition) is 2. The first-order valence-electron chi connectivity index (χ1n) is 6.09. The summed E-state index contributed by atoms with van der Waals surface area (Å²) in [6.07, 6.45) is -4.95. The molecule has 0 heterocycles. The molecule has 1 amide bonds. The first-order chi connectivity index (χ1) is 10.2. The molecule has 1 aromatic rings. The molecular formula is C12H15F3N2O4S. The highest BCUT2D eigenvalue weighted by molar-refractivity contribution is 7.89. The Labute approximate surface area is 125 Å². The van der Waals surface area contributed by atoms with Crippen molar-refractivity contribution in [3.63, 3.8) is 0 Å². The predicted molar refractivity (Wildman–Crippen MR) is 71.4 cm³/mol. The van der Waals surface area contributed by atoms with Gasteiger partial charge in [0.25, 0.3) is 0 Å². The number of halogens is 3. The maximum Gasteiger partial charge on any atom is 0.471 e. The number of amides is 1. The van der Waals surface area contributed by atoms with Crippen LogP contribution in [0.15, 0.2) is 29.2 Å². The van der Waals surface area contributed by atoms with Crippen LogP contribution in [-0.2, 0) is 26.1 Å². The number of alkyl halides is 3. The van der Waals surface area contributed by atoms with Crippen molar-refractivity contribution in [2.24, 2.45) is 0 Å². The van der Waals surface area contributed by atoms with E-state index in [1.165, 1.54) is 31.4 Å². The summed E-state index contributed by atoms with van der Waals surface area (Å²) in [5, 5.41) is 1.69. The molecule has 10 heteroatoms. The Morgan fingerprint density at radius 1 is 1.23 bits per heavy atom. The van der Waals surface area contributed by atoms with Gasteiger partial charge in [-0.3, -0.25) is 4.79 Å². The molecule has 0 aliphatic heterocycles. The monoisotopic (exact) mass is 340 g/mol. The molecule has 0 unspecified atom stereocenters. The molecule has 0 spiro atoms. The molecule has 1 rings (SSSR count). The van der Waals surface area contributed by atoms with Crippen LogP contribution in [0.25, 0.3) is 0 Å². The quantitative estimate of drug-likeness (QED) is 0.719. The molecule has 0 bridgehead atoms. The van der Waals surface area contributed by atoms with Gasteiger partial charge in [0.05, 0.1) is 11.5 Å². The zero-order valence-corrected chi connectivity index (χ0v) is 12.4. The van der Waals surface area contributed by atoms with Gasteiger partial charge in [0.15, 0.2) is 0 Å². The minimum Gasteiger partial charge on any atom is -0.383 e. The Morgan fingerprint density at radius 2 is 1.82 bits per heavy atom. The van der Waals surface area contributed by atoms with Crippen molar-refractivity contribution < 1.29 is 31.1 Å². The summed E-state index contributed by atoms with van der Waals surface area (Å²) in [5.41, 5.74) is 0.341. The van der Waals surface area contributed by atoms with Crippen molar-refractivity contribution in [1.82, 2.24) is 10.0 Å². The standard InChI is InChI=1S/C12H15F3N2O4S/c1-21-7-6-17-22(19,20)10-4-2-9(3-5-10)8-16-11(18)12(13,14)15/h2-5,17H,6-8H2,1H3,(H,16,18). The number of carbonyl (C=O) groups is 1. The minimum atomic E-state index is -4.95. The molecule has 0 radical (unpaired) electrons. The lowest BCUT2D eigenvalue weighted by atomic mass is 10.2. The molecular weight excluding hydrogens is 325 g/mol. The maximum atomic E-state index is 12.0. The van der Waals surface area contributed by atoms with Crippen molar-refractivity contribution in [3.8, 4) is 0 Å². The lowest BCUT2D eigenvalue weighted by Crippen LogP contribution is -2.36. The van der Waals surface area contributed by atoms with Gasteiger partial charge in [-0.15, -0.1) is 0 Å². The maximum absolute atomic E-state index is 12.0. The average molecular weight is 340 g/mol. The van der Waals surface area contributed by atoms with Crippen LogP contribution in [-0.4, -0.2) is 40.8 Å². The van der Waals surface area contributed by atoms with Crippen LogP contribution < -0.4 is 10.0 Å². The van der Waals surface area contributed by atoms with Crippen LogP contribution in [0.3, 0.4) is 0 Å². The number of methoxy groups -OCH3 is 1. The summed E-state index contributed by atoms with van der Waals surface area (Å²) >= 11 is 0. The number of sulfonamides is 1. The molecule has 0 fully saturated rings. The smallest absolute Gasteiger partial charge is 0.383 e. The third-order valence-electron chi connectivity index (χ3n) is 2.54.